The molecule has 2 aliphatic heterocycles. The summed E-state index contributed by atoms with van der Waals surface area (Å²) in [5.74, 6) is 0.660. The molecular formula is C19H18N2O3. The van der Waals surface area contributed by atoms with Crippen LogP contribution in [0.15, 0.2) is 36.4 Å². The van der Waals surface area contributed by atoms with E-state index in [1.54, 1.807) is 13.2 Å². The molecule has 1 N–H and O–H groups in total. The number of aryl methyl sites for hydroxylation is 1. The molecule has 0 saturated heterocycles. The standard InChI is InChI=1S/C19H18N2O3/c1-24-16-6-2-5-15(11-16)20-19(23)14-8-12-4-3-7-21-17(22)10-13(9-14)18(12)21/h2,5-6,8-9,11H,3-4,7,10H2,1H3,(H,20,23). The van der Waals surface area contributed by atoms with E-state index in [4.69, 9.17) is 4.74 Å². The van der Waals surface area contributed by atoms with Crippen LogP contribution in [-0.4, -0.2) is 25.5 Å². The van der Waals surface area contributed by atoms with Crippen molar-refractivity contribution < 1.29 is 14.3 Å². The fraction of sp³-hybridized carbons (Fsp3) is 0.263. The summed E-state index contributed by atoms with van der Waals surface area (Å²) in [7, 11) is 1.59. The predicted octanol–water partition coefficient (Wildman–Crippen LogP) is 2.78. The van der Waals surface area contributed by atoms with E-state index in [-0.39, 0.29) is 11.8 Å². The molecule has 0 saturated carbocycles. The zero-order valence-electron chi connectivity index (χ0n) is 13.5. The quantitative estimate of drug-likeness (QED) is 0.945. The van der Waals surface area contributed by atoms with Crippen molar-refractivity contribution in [3.8, 4) is 5.75 Å². The first-order valence-electron chi connectivity index (χ1n) is 8.07. The van der Waals surface area contributed by atoms with Gasteiger partial charge in [-0.2, -0.15) is 0 Å². The first kappa shape index (κ1) is 14.8. The van der Waals surface area contributed by atoms with Gasteiger partial charge in [0.05, 0.1) is 19.2 Å². The Morgan fingerprint density at radius 3 is 2.88 bits per heavy atom. The molecule has 2 aliphatic rings. The number of carbonyl (C=O) groups is 2. The van der Waals surface area contributed by atoms with Crippen LogP contribution in [0.5, 0.6) is 5.75 Å². The highest BCUT2D eigenvalue weighted by Gasteiger charge is 2.32. The molecule has 2 heterocycles. The molecule has 0 bridgehead atoms. The fourth-order valence-corrected chi connectivity index (χ4v) is 3.51. The Labute approximate surface area is 140 Å². The van der Waals surface area contributed by atoms with Gasteiger partial charge >= 0.3 is 0 Å². The second-order valence-corrected chi connectivity index (χ2v) is 6.15. The number of nitrogens with zero attached hydrogens (tertiary/aromatic N) is 1. The minimum atomic E-state index is -0.168. The van der Waals surface area contributed by atoms with Crippen molar-refractivity contribution >= 4 is 23.2 Å². The van der Waals surface area contributed by atoms with Gasteiger partial charge in [0, 0.05) is 23.9 Å². The van der Waals surface area contributed by atoms with Crippen LogP contribution >= 0.6 is 0 Å². The van der Waals surface area contributed by atoms with E-state index in [0.29, 0.717) is 23.4 Å². The third kappa shape index (κ3) is 2.42. The lowest BCUT2D eigenvalue weighted by molar-refractivity contribution is -0.117. The average Bonchev–Trinajstić information content (AvgIpc) is 2.92. The van der Waals surface area contributed by atoms with Crippen molar-refractivity contribution in [3.05, 3.63) is 53.1 Å². The maximum absolute atomic E-state index is 12.6. The molecular weight excluding hydrogens is 304 g/mol. The van der Waals surface area contributed by atoms with Crippen LogP contribution in [0.4, 0.5) is 11.4 Å². The van der Waals surface area contributed by atoms with E-state index in [9.17, 15) is 9.59 Å². The number of hydrogen-bond acceptors (Lipinski definition) is 3. The van der Waals surface area contributed by atoms with E-state index in [1.807, 2.05) is 35.2 Å². The molecule has 0 radical (unpaired) electrons. The monoisotopic (exact) mass is 322 g/mol. The summed E-state index contributed by atoms with van der Waals surface area (Å²) in [5, 5.41) is 2.90. The van der Waals surface area contributed by atoms with E-state index in [1.165, 1.54) is 0 Å². The maximum Gasteiger partial charge on any atom is 0.255 e. The molecule has 2 amide bonds. The summed E-state index contributed by atoms with van der Waals surface area (Å²) < 4.78 is 5.18. The smallest absolute Gasteiger partial charge is 0.255 e. The zero-order valence-corrected chi connectivity index (χ0v) is 13.5. The Balaban J connectivity index is 1.64. The molecule has 0 aromatic heterocycles. The van der Waals surface area contributed by atoms with Gasteiger partial charge in [0.2, 0.25) is 5.91 Å². The molecule has 0 unspecified atom stereocenters. The Kier molecular flexibility index (Phi) is 3.49. The van der Waals surface area contributed by atoms with Gasteiger partial charge in [-0.05, 0) is 48.2 Å². The van der Waals surface area contributed by atoms with Gasteiger partial charge in [0.25, 0.3) is 5.91 Å². The van der Waals surface area contributed by atoms with Gasteiger partial charge in [-0.3, -0.25) is 9.59 Å². The summed E-state index contributed by atoms with van der Waals surface area (Å²) in [6.45, 7) is 0.786. The molecule has 2 aromatic rings. The number of amides is 2. The third-order valence-corrected chi connectivity index (χ3v) is 4.60. The van der Waals surface area contributed by atoms with Crippen LogP contribution in [0.3, 0.4) is 0 Å². The number of carbonyl (C=O) groups excluding carboxylic acids is 2. The molecule has 24 heavy (non-hydrogen) atoms. The minimum Gasteiger partial charge on any atom is -0.497 e. The first-order chi connectivity index (χ1) is 11.7. The third-order valence-electron chi connectivity index (χ3n) is 4.60. The minimum absolute atomic E-state index is 0.135. The maximum atomic E-state index is 12.6. The van der Waals surface area contributed by atoms with Crippen LogP contribution in [0.1, 0.15) is 27.9 Å². The van der Waals surface area contributed by atoms with Crippen molar-refractivity contribution in [3.63, 3.8) is 0 Å². The second kappa shape index (κ2) is 5.67. The second-order valence-electron chi connectivity index (χ2n) is 6.15. The molecule has 5 nitrogen and oxygen atoms in total. The molecule has 122 valence electrons. The number of nitrogens with one attached hydrogen (secondary N) is 1. The molecule has 0 aliphatic carbocycles. The van der Waals surface area contributed by atoms with Crippen molar-refractivity contribution in [2.24, 2.45) is 0 Å². The largest absolute Gasteiger partial charge is 0.497 e. The Hall–Kier alpha value is -2.82. The molecule has 4 rings (SSSR count). The van der Waals surface area contributed by atoms with Crippen LogP contribution in [0, 0.1) is 0 Å². The van der Waals surface area contributed by atoms with E-state index in [0.717, 1.165) is 36.2 Å². The van der Waals surface area contributed by atoms with Crippen molar-refractivity contribution in [2.75, 3.05) is 23.9 Å². The number of rotatable bonds is 3. The van der Waals surface area contributed by atoms with Gasteiger partial charge < -0.3 is 15.0 Å². The molecule has 0 fully saturated rings. The van der Waals surface area contributed by atoms with Gasteiger partial charge in [-0.15, -0.1) is 0 Å². The number of hydrogen-bond donors (Lipinski definition) is 1. The summed E-state index contributed by atoms with van der Waals surface area (Å²) in [6.07, 6.45) is 2.24. The van der Waals surface area contributed by atoms with Gasteiger partial charge in [-0.1, -0.05) is 6.07 Å². The summed E-state index contributed by atoms with van der Waals surface area (Å²) >= 11 is 0. The highest BCUT2D eigenvalue weighted by molar-refractivity contribution is 6.08. The normalized spacial score (nSPS) is 15.2. The highest BCUT2D eigenvalue weighted by Crippen LogP contribution is 2.37. The highest BCUT2D eigenvalue weighted by atomic mass is 16.5. The average molecular weight is 322 g/mol. The summed E-state index contributed by atoms with van der Waals surface area (Å²) in [6, 6.07) is 11.0. The summed E-state index contributed by atoms with van der Waals surface area (Å²) in [4.78, 5) is 26.6. The van der Waals surface area contributed by atoms with Crippen molar-refractivity contribution in [1.82, 2.24) is 0 Å². The Morgan fingerprint density at radius 2 is 2.04 bits per heavy atom. The van der Waals surface area contributed by atoms with Gasteiger partial charge in [0.15, 0.2) is 0 Å². The van der Waals surface area contributed by atoms with E-state index >= 15 is 0 Å². The lowest BCUT2D eigenvalue weighted by Gasteiger charge is -2.25. The number of anilines is 2. The SMILES string of the molecule is COc1cccc(NC(=O)c2cc3c4c(c2)CC(=O)N4CCC3)c1. The first-order valence-corrected chi connectivity index (χ1v) is 8.07. The zero-order chi connectivity index (χ0) is 16.7. The van der Waals surface area contributed by atoms with Crippen molar-refractivity contribution in [2.45, 2.75) is 19.3 Å². The van der Waals surface area contributed by atoms with E-state index < -0.39 is 0 Å². The van der Waals surface area contributed by atoms with Crippen LogP contribution < -0.4 is 15.0 Å². The van der Waals surface area contributed by atoms with Crippen LogP contribution in [0.25, 0.3) is 0 Å². The van der Waals surface area contributed by atoms with Crippen LogP contribution in [-0.2, 0) is 17.6 Å². The Bertz CT molecular complexity index is 845. The lowest BCUT2D eigenvalue weighted by atomic mass is 9.96. The number of benzene rings is 2. The summed E-state index contributed by atoms with van der Waals surface area (Å²) in [5.41, 5.74) is 4.38. The molecule has 5 heteroatoms. The Morgan fingerprint density at radius 1 is 1.21 bits per heavy atom. The molecule has 0 atom stereocenters. The topological polar surface area (TPSA) is 58.6 Å². The van der Waals surface area contributed by atoms with Gasteiger partial charge in [0.1, 0.15) is 5.75 Å². The fourth-order valence-electron chi connectivity index (χ4n) is 3.51. The van der Waals surface area contributed by atoms with Crippen LogP contribution in [0.2, 0.25) is 0 Å². The number of methoxy groups -OCH3 is 1. The van der Waals surface area contributed by atoms with E-state index in [2.05, 4.69) is 5.32 Å². The molecule has 2 aromatic carbocycles. The van der Waals surface area contributed by atoms with Gasteiger partial charge in [-0.25, -0.2) is 0 Å². The van der Waals surface area contributed by atoms with Crippen molar-refractivity contribution in [1.29, 1.82) is 0 Å². The lowest BCUT2D eigenvalue weighted by Crippen LogP contribution is -2.31. The predicted molar refractivity (Wildman–Crippen MR) is 91.8 cm³/mol. The molecule has 0 spiro atoms. The number of ether oxygens (including phenoxy) is 1.